The molecule has 0 saturated carbocycles. The molecule has 0 fully saturated rings. The van der Waals surface area contributed by atoms with Gasteiger partial charge in [-0.25, -0.2) is 4.98 Å². The molecular weight excluding hydrogens is 266 g/mol. The van der Waals surface area contributed by atoms with Crippen LogP contribution in [0, 0.1) is 6.92 Å². The first-order valence-electron chi connectivity index (χ1n) is 7.23. The Kier molecular flexibility index (Phi) is 3.90. The van der Waals surface area contributed by atoms with Crippen molar-refractivity contribution < 1.29 is 9.47 Å². The predicted molar refractivity (Wildman–Crippen MR) is 80.9 cm³/mol. The molecule has 0 spiro atoms. The fraction of sp³-hybridized carbons (Fsp3) is 0.375. The third-order valence-corrected chi connectivity index (χ3v) is 3.38. The van der Waals surface area contributed by atoms with Gasteiger partial charge < -0.3 is 14.8 Å². The van der Waals surface area contributed by atoms with Gasteiger partial charge in [0.15, 0.2) is 0 Å². The van der Waals surface area contributed by atoms with Crippen LogP contribution in [0.25, 0.3) is 0 Å². The molecule has 1 unspecified atom stereocenters. The first kappa shape index (κ1) is 13.7. The Morgan fingerprint density at radius 1 is 1.33 bits per heavy atom. The molecule has 2 aromatic rings. The molecule has 0 aliphatic carbocycles. The molecule has 0 amide bonds. The molecule has 0 bridgehead atoms. The SMILES string of the molecule is CCOc1cc(C)nc(NC2CCOc3ccccc32)n1. The lowest BCUT2D eigenvalue weighted by Crippen LogP contribution is -2.21. The number of anilines is 1. The van der Waals surface area contributed by atoms with E-state index in [1.165, 1.54) is 0 Å². The van der Waals surface area contributed by atoms with E-state index in [1.54, 1.807) is 0 Å². The topological polar surface area (TPSA) is 56.3 Å². The van der Waals surface area contributed by atoms with Gasteiger partial charge in [-0.15, -0.1) is 0 Å². The molecule has 21 heavy (non-hydrogen) atoms. The van der Waals surface area contributed by atoms with Crippen molar-refractivity contribution in [1.29, 1.82) is 0 Å². The maximum atomic E-state index is 5.67. The molecule has 110 valence electrons. The normalized spacial score (nSPS) is 16.8. The molecule has 3 rings (SSSR count). The Morgan fingerprint density at radius 2 is 2.19 bits per heavy atom. The summed E-state index contributed by atoms with van der Waals surface area (Å²) in [6.07, 6.45) is 0.887. The second-order valence-electron chi connectivity index (χ2n) is 4.98. The lowest BCUT2D eigenvalue weighted by Gasteiger charge is -2.26. The Hall–Kier alpha value is -2.30. The van der Waals surface area contributed by atoms with E-state index in [2.05, 4.69) is 21.4 Å². The maximum absolute atomic E-state index is 5.67. The predicted octanol–water partition coefficient (Wildman–Crippen LogP) is 3.12. The lowest BCUT2D eigenvalue weighted by atomic mass is 10.0. The van der Waals surface area contributed by atoms with Crippen molar-refractivity contribution in [1.82, 2.24) is 9.97 Å². The van der Waals surface area contributed by atoms with Crippen molar-refractivity contribution in [3.8, 4) is 11.6 Å². The number of nitrogens with zero attached hydrogens (tertiary/aromatic N) is 2. The summed E-state index contributed by atoms with van der Waals surface area (Å²) in [4.78, 5) is 8.85. The van der Waals surface area contributed by atoms with Crippen molar-refractivity contribution in [3.63, 3.8) is 0 Å². The van der Waals surface area contributed by atoms with Gasteiger partial charge in [0.2, 0.25) is 11.8 Å². The molecule has 1 aliphatic rings. The van der Waals surface area contributed by atoms with Gasteiger partial charge in [0.25, 0.3) is 0 Å². The van der Waals surface area contributed by atoms with Gasteiger partial charge >= 0.3 is 0 Å². The van der Waals surface area contributed by atoms with Gasteiger partial charge in [0.05, 0.1) is 19.3 Å². The number of aromatic nitrogens is 2. The highest BCUT2D eigenvalue weighted by Gasteiger charge is 2.21. The first-order chi connectivity index (χ1) is 10.3. The minimum absolute atomic E-state index is 0.159. The number of fused-ring (bicyclic) bond motifs is 1. The van der Waals surface area contributed by atoms with E-state index in [4.69, 9.17) is 9.47 Å². The summed E-state index contributed by atoms with van der Waals surface area (Å²) < 4.78 is 11.1. The van der Waals surface area contributed by atoms with Gasteiger partial charge in [0.1, 0.15) is 5.75 Å². The van der Waals surface area contributed by atoms with E-state index in [-0.39, 0.29) is 6.04 Å². The number of nitrogens with one attached hydrogen (secondary N) is 1. The first-order valence-corrected chi connectivity index (χ1v) is 7.23. The molecule has 0 saturated heterocycles. The number of aryl methyl sites for hydroxylation is 1. The van der Waals surface area contributed by atoms with Crippen molar-refractivity contribution in [2.75, 3.05) is 18.5 Å². The largest absolute Gasteiger partial charge is 0.493 e. The van der Waals surface area contributed by atoms with Crippen LogP contribution in [0.3, 0.4) is 0 Å². The van der Waals surface area contributed by atoms with Crippen molar-refractivity contribution in [2.24, 2.45) is 0 Å². The molecular formula is C16H19N3O2. The summed E-state index contributed by atoms with van der Waals surface area (Å²) in [6.45, 7) is 5.17. The summed E-state index contributed by atoms with van der Waals surface area (Å²) in [5, 5.41) is 3.39. The third kappa shape index (κ3) is 3.07. The van der Waals surface area contributed by atoms with Gasteiger partial charge in [-0.05, 0) is 19.9 Å². The molecule has 5 heteroatoms. The van der Waals surface area contributed by atoms with Crippen LogP contribution in [-0.4, -0.2) is 23.2 Å². The fourth-order valence-corrected chi connectivity index (χ4v) is 2.47. The second-order valence-corrected chi connectivity index (χ2v) is 4.98. The average molecular weight is 285 g/mol. The summed E-state index contributed by atoms with van der Waals surface area (Å²) in [5.41, 5.74) is 2.03. The Bertz CT molecular complexity index is 631. The highest BCUT2D eigenvalue weighted by Crippen LogP contribution is 2.33. The Balaban J connectivity index is 1.84. The van der Waals surface area contributed by atoms with E-state index in [0.717, 1.165) is 23.4 Å². The molecule has 2 heterocycles. The van der Waals surface area contributed by atoms with Crippen LogP contribution in [-0.2, 0) is 0 Å². The number of para-hydroxylation sites is 1. The molecule has 1 atom stereocenters. The van der Waals surface area contributed by atoms with Crippen LogP contribution in [0.5, 0.6) is 11.6 Å². The van der Waals surface area contributed by atoms with E-state index >= 15 is 0 Å². The molecule has 1 aromatic heterocycles. The standard InChI is InChI=1S/C16H19N3O2/c1-3-20-15-10-11(2)17-16(19-15)18-13-8-9-21-14-7-5-4-6-12(13)14/h4-7,10,13H,3,8-9H2,1-2H3,(H,17,18,19). The number of hydrogen-bond donors (Lipinski definition) is 1. The maximum Gasteiger partial charge on any atom is 0.226 e. The zero-order chi connectivity index (χ0) is 14.7. The fourth-order valence-electron chi connectivity index (χ4n) is 2.47. The van der Waals surface area contributed by atoms with Crippen molar-refractivity contribution >= 4 is 5.95 Å². The Morgan fingerprint density at radius 3 is 3.05 bits per heavy atom. The van der Waals surface area contributed by atoms with Crippen molar-refractivity contribution in [3.05, 3.63) is 41.6 Å². The van der Waals surface area contributed by atoms with E-state index < -0.39 is 0 Å². The molecule has 5 nitrogen and oxygen atoms in total. The van der Waals surface area contributed by atoms with Gasteiger partial charge in [0, 0.05) is 23.7 Å². The van der Waals surface area contributed by atoms with Crippen LogP contribution < -0.4 is 14.8 Å². The summed E-state index contributed by atoms with van der Waals surface area (Å²) in [6, 6.07) is 10.1. The number of benzene rings is 1. The quantitative estimate of drug-likeness (QED) is 0.935. The number of rotatable bonds is 4. The molecule has 0 radical (unpaired) electrons. The van der Waals surface area contributed by atoms with Crippen LogP contribution in [0.15, 0.2) is 30.3 Å². The smallest absolute Gasteiger partial charge is 0.226 e. The van der Waals surface area contributed by atoms with Crippen LogP contribution in [0.2, 0.25) is 0 Å². The molecule has 1 N–H and O–H groups in total. The molecule has 1 aliphatic heterocycles. The Labute approximate surface area is 124 Å². The highest BCUT2D eigenvalue weighted by atomic mass is 16.5. The van der Waals surface area contributed by atoms with Crippen LogP contribution >= 0.6 is 0 Å². The number of hydrogen-bond acceptors (Lipinski definition) is 5. The second kappa shape index (κ2) is 5.99. The number of ether oxygens (including phenoxy) is 2. The summed E-state index contributed by atoms with van der Waals surface area (Å²) in [5.74, 6) is 2.13. The van der Waals surface area contributed by atoms with Crippen LogP contribution in [0.1, 0.15) is 30.6 Å². The van der Waals surface area contributed by atoms with Gasteiger partial charge in [-0.3, -0.25) is 0 Å². The average Bonchev–Trinajstić information content (AvgIpc) is 2.47. The van der Waals surface area contributed by atoms with Crippen molar-refractivity contribution in [2.45, 2.75) is 26.3 Å². The van der Waals surface area contributed by atoms with E-state index in [1.807, 2.05) is 38.1 Å². The van der Waals surface area contributed by atoms with E-state index in [0.29, 0.717) is 25.0 Å². The van der Waals surface area contributed by atoms with Crippen LogP contribution in [0.4, 0.5) is 5.95 Å². The third-order valence-electron chi connectivity index (χ3n) is 3.38. The zero-order valence-electron chi connectivity index (χ0n) is 12.3. The monoisotopic (exact) mass is 285 g/mol. The molecule has 1 aromatic carbocycles. The highest BCUT2D eigenvalue weighted by molar-refractivity contribution is 5.42. The van der Waals surface area contributed by atoms with Gasteiger partial charge in [-0.1, -0.05) is 18.2 Å². The minimum atomic E-state index is 0.159. The van der Waals surface area contributed by atoms with Gasteiger partial charge in [-0.2, -0.15) is 4.98 Å². The minimum Gasteiger partial charge on any atom is -0.493 e. The summed E-state index contributed by atoms with van der Waals surface area (Å²) >= 11 is 0. The zero-order valence-corrected chi connectivity index (χ0v) is 12.3. The summed E-state index contributed by atoms with van der Waals surface area (Å²) in [7, 11) is 0. The van der Waals surface area contributed by atoms with E-state index in [9.17, 15) is 0 Å². The lowest BCUT2D eigenvalue weighted by molar-refractivity contribution is 0.274.